The number of hydrogen-bond acceptors (Lipinski definition) is 2. The first kappa shape index (κ1) is 12.1. The lowest BCUT2D eigenvalue weighted by Gasteiger charge is -2.12. The zero-order valence-corrected chi connectivity index (χ0v) is 9.15. The van der Waals surface area contributed by atoms with Crippen molar-refractivity contribution in [2.45, 2.75) is 6.92 Å². The van der Waals surface area contributed by atoms with Gasteiger partial charge in [0.15, 0.2) is 10.2 Å². The topological polar surface area (TPSA) is 48.1 Å². The van der Waals surface area contributed by atoms with Crippen LogP contribution in [0.4, 0.5) is 0 Å². The summed E-state index contributed by atoms with van der Waals surface area (Å²) in [6.45, 7) is 6.91. The predicted octanol–water partition coefficient (Wildman–Crippen LogP) is 0.0355. The zero-order chi connectivity index (χ0) is 10.1. The molecule has 0 saturated carbocycles. The van der Waals surface area contributed by atoms with E-state index >= 15 is 0 Å². The summed E-state index contributed by atoms with van der Waals surface area (Å²) in [7, 11) is 0. The van der Waals surface area contributed by atoms with Crippen LogP contribution < -0.4 is 21.5 Å². The van der Waals surface area contributed by atoms with Crippen LogP contribution in [-0.2, 0) is 0 Å². The molecule has 0 aliphatic heterocycles. The molecule has 0 atom stereocenters. The Balaban J connectivity index is 3.45. The van der Waals surface area contributed by atoms with Gasteiger partial charge in [-0.1, -0.05) is 6.08 Å². The summed E-state index contributed by atoms with van der Waals surface area (Å²) in [6, 6.07) is 0. The minimum atomic E-state index is 0.486. The Hall–Kier alpha value is -0.880. The minimum absolute atomic E-state index is 0.486. The average molecular weight is 218 g/mol. The molecule has 0 spiro atoms. The lowest BCUT2D eigenvalue weighted by molar-refractivity contribution is 0.799. The number of rotatable bonds is 3. The molecular formula is C7H14N4S2. The van der Waals surface area contributed by atoms with Crippen LogP contribution in [0.5, 0.6) is 0 Å². The van der Waals surface area contributed by atoms with E-state index < -0.39 is 0 Å². The van der Waals surface area contributed by atoms with Crippen molar-refractivity contribution in [3.8, 4) is 0 Å². The monoisotopic (exact) mass is 218 g/mol. The molecule has 0 aliphatic carbocycles. The Morgan fingerprint density at radius 2 is 1.77 bits per heavy atom. The van der Waals surface area contributed by atoms with Gasteiger partial charge >= 0.3 is 0 Å². The van der Waals surface area contributed by atoms with Gasteiger partial charge in [0, 0.05) is 13.1 Å². The van der Waals surface area contributed by atoms with E-state index in [9.17, 15) is 0 Å². The Morgan fingerprint density at radius 3 is 2.23 bits per heavy atom. The second-order valence-electron chi connectivity index (χ2n) is 2.11. The van der Waals surface area contributed by atoms with E-state index in [2.05, 4.69) is 28.1 Å². The molecule has 0 unspecified atom stereocenters. The standard InChI is InChI=1S/C7H14N4S2/c1-3-5-9-7(13)11-10-6(12)8-4-2/h3H,1,4-5H2,2H3,(H2,8,10,12)(H2,9,11,13). The molecule has 13 heavy (non-hydrogen) atoms. The second-order valence-corrected chi connectivity index (χ2v) is 2.92. The highest BCUT2D eigenvalue weighted by atomic mass is 32.1. The van der Waals surface area contributed by atoms with Crippen LogP contribution in [0.3, 0.4) is 0 Å². The van der Waals surface area contributed by atoms with E-state index in [0.717, 1.165) is 6.54 Å². The van der Waals surface area contributed by atoms with Gasteiger partial charge in [-0.25, -0.2) is 0 Å². The summed E-state index contributed by atoms with van der Waals surface area (Å²) >= 11 is 9.79. The quantitative estimate of drug-likeness (QED) is 0.305. The molecule has 0 aliphatic rings. The van der Waals surface area contributed by atoms with Crippen LogP contribution in [0, 0.1) is 0 Å². The van der Waals surface area contributed by atoms with E-state index in [1.54, 1.807) is 6.08 Å². The van der Waals surface area contributed by atoms with Crippen molar-refractivity contribution in [1.29, 1.82) is 0 Å². The Kier molecular flexibility index (Phi) is 7.23. The van der Waals surface area contributed by atoms with Gasteiger partial charge in [-0.2, -0.15) is 0 Å². The molecule has 0 fully saturated rings. The van der Waals surface area contributed by atoms with Crippen molar-refractivity contribution < 1.29 is 0 Å². The van der Waals surface area contributed by atoms with Crippen molar-refractivity contribution >= 4 is 34.7 Å². The maximum Gasteiger partial charge on any atom is 0.185 e. The molecule has 6 heteroatoms. The third kappa shape index (κ3) is 7.48. The summed E-state index contributed by atoms with van der Waals surface area (Å²) in [5, 5.41) is 6.79. The number of thiocarbonyl (C=S) groups is 2. The first-order valence-electron chi connectivity index (χ1n) is 3.89. The predicted molar refractivity (Wildman–Crippen MR) is 63.3 cm³/mol. The van der Waals surface area contributed by atoms with Crippen molar-refractivity contribution in [2.75, 3.05) is 13.1 Å². The van der Waals surface area contributed by atoms with E-state index in [0.29, 0.717) is 16.8 Å². The summed E-state index contributed by atoms with van der Waals surface area (Å²) in [5.74, 6) is 0. The molecule has 0 aromatic rings. The summed E-state index contributed by atoms with van der Waals surface area (Å²) in [4.78, 5) is 0. The zero-order valence-electron chi connectivity index (χ0n) is 7.52. The normalized spacial score (nSPS) is 8.38. The molecule has 0 radical (unpaired) electrons. The Morgan fingerprint density at radius 1 is 1.23 bits per heavy atom. The maximum absolute atomic E-state index is 4.90. The third-order valence-electron chi connectivity index (χ3n) is 1.03. The van der Waals surface area contributed by atoms with Gasteiger partial charge in [-0.15, -0.1) is 6.58 Å². The molecule has 0 heterocycles. The maximum atomic E-state index is 4.90. The molecule has 0 amide bonds. The Labute approximate surface area is 89.1 Å². The minimum Gasteiger partial charge on any atom is -0.362 e. The molecular weight excluding hydrogens is 204 g/mol. The molecule has 0 aromatic carbocycles. The number of hydrazine groups is 1. The summed E-state index contributed by atoms with van der Waals surface area (Å²) in [5.41, 5.74) is 5.45. The van der Waals surface area contributed by atoms with Gasteiger partial charge in [0.2, 0.25) is 0 Å². The average Bonchev–Trinajstić information content (AvgIpc) is 2.12. The van der Waals surface area contributed by atoms with Crippen molar-refractivity contribution in [3.05, 3.63) is 12.7 Å². The van der Waals surface area contributed by atoms with Crippen molar-refractivity contribution in [1.82, 2.24) is 21.5 Å². The smallest absolute Gasteiger partial charge is 0.185 e. The fraction of sp³-hybridized carbons (Fsp3) is 0.429. The summed E-state index contributed by atoms with van der Waals surface area (Å²) < 4.78 is 0. The van der Waals surface area contributed by atoms with Crippen LogP contribution in [0.1, 0.15) is 6.92 Å². The molecule has 0 saturated heterocycles. The lowest BCUT2D eigenvalue weighted by Crippen LogP contribution is -2.50. The van der Waals surface area contributed by atoms with E-state index in [-0.39, 0.29) is 0 Å². The molecule has 4 N–H and O–H groups in total. The third-order valence-corrected chi connectivity index (χ3v) is 1.53. The van der Waals surface area contributed by atoms with Gasteiger partial charge in [-0.05, 0) is 31.4 Å². The largest absolute Gasteiger partial charge is 0.362 e. The number of nitrogens with one attached hydrogen (secondary N) is 4. The fourth-order valence-electron chi connectivity index (χ4n) is 0.527. The van der Waals surface area contributed by atoms with Crippen LogP contribution in [0.15, 0.2) is 12.7 Å². The molecule has 0 rings (SSSR count). The Bertz CT molecular complexity index is 193. The molecule has 0 bridgehead atoms. The first-order chi connectivity index (χ1) is 6.20. The summed E-state index contributed by atoms with van der Waals surface area (Å²) in [6.07, 6.45) is 1.72. The second kappa shape index (κ2) is 7.75. The molecule has 4 nitrogen and oxygen atoms in total. The van der Waals surface area contributed by atoms with Gasteiger partial charge in [0.1, 0.15) is 0 Å². The van der Waals surface area contributed by atoms with Crippen molar-refractivity contribution in [3.63, 3.8) is 0 Å². The first-order valence-corrected chi connectivity index (χ1v) is 4.71. The molecule has 74 valence electrons. The highest BCUT2D eigenvalue weighted by Gasteiger charge is 1.93. The van der Waals surface area contributed by atoms with Crippen LogP contribution in [0.25, 0.3) is 0 Å². The highest BCUT2D eigenvalue weighted by molar-refractivity contribution is 7.80. The lowest BCUT2D eigenvalue weighted by atomic mass is 10.6. The SMILES string of the molecule is C=CCNC(=S)NNC(=S)NCC. The van der Waals surface area contributed by atoms with Gasteiger partial charge < -0.3 is 10.6 Å². The van der Waals surface area contributed by atoms with Gasteiger partial charge in [0.05, 0.1) is 0 Å². The van der Waals surface area contributed by atoms with E-state index in [1.807, 2.05) is 6.92 Å². The van der Waals surface area contributed by atoms with Crippen LogP contribution in [-0.4, -0.2) is 23.3 Å². The van der Waals surface area contributed by atoms with Crippen molar-refractivity contribution in [2.24, 2.45) is 0 Å². The van der Waals surface area contributed by atoms with E-state index in [1.165, 1.54) is 0 Å². The van der Waals surface area contributed by atoms with Crippen LogP contribution >= 0.6 is 24.4 Å². The number of hydrogen-bond donors (Lipinski definition) is 4. The van der Waals surface area contributed by atoms with Crippen LogP contribution in [0.2, 0.25) is 0 Å². The fourth-order valence-corrected chi connectivity index (χ4v) is 0.857. The highest BCUT2D eigenvalue weighted by Crippen LogP contribution is 1.66. The van der Waals surface area contributed by atoms with Gasteiger partial charge in [0.25, 0.3) is 0 Å². The van der Waals surface area contributed by atoms with Gasteiger partial charge in [-0.3, -0.25) is 10.9 Å². The molecule has 0 aromatic heterocycles. The van der Waals surface area contributed by atoms with E-state index in [4.69, 9.17) is 24.4 Å².